The van der Waals surface area contributed by atoms with Crippen molar-refractivity contribution in [2.45, 2.75) is 6.42 Å². The van der Waals surface area contributed by atoms with Crippen molar-refractivity contribution >= 4 is 50.6 Å². The maximum atomic E-state index is 11.6. The molecule has 0 heterocycles. The first-order chi connectivity index (χ1) is 9.10. The second-order valence-corrected chi connectivity index (χ2v) is 7.15. The van der Waals surface area contributed by atoms with Gasteiger partial charge in [-0.1, -0.05) is 23.2 Å². The highest BCUT2D eigenvalue weighted by Crippen LogP contribution is 2.30. The number of carbonyl (C=O) groups is 2. The molecule has 0 radical (unpaired) electrons. The van der Waals surface area contributed by atoms with Crippen LogP contribution in [0.3, 0.4) is 0 Å². The van der Waals surface area contributed by atoms with Crippen LogP contribution in [-0.4, -0.2) is 37.4 Å². The summed E-state index contributed by atoms with van der Waals surface area (Å²) in [4.78, 5) is 22.7. The standard InChI is InChI=1S/C11H11Cl2NO5S/c1-20(18,19)3-2-9(15)14-10-7(11(16)17)4-6(12)5-8(10)13/h4-5H,2-3H2,1H3,(H,14,15)(H,16,17). The fourth-order valence-corrected chi connectivity index (χ4v) is 2.45. The summed E-state index contributed by atoms with van der Waals surface area (Å²) in [6, 6.07) is 2.42. The summed E-state index contributed by atoms with van der Waals surface area (Å²) in [6.45, 7) is 0. The molecule has 6 nitrogen and oxygen atoms in total. The average molecular weight is 340 g/mol. The third kappa shape index (κ3) is 4.99. The van der Waals surface area contributed by atoms with E-state index >= 15 is 0 Å². The summed E-state index contributed by atoms with van der Waals surface area (Å²) in [6.07, 6.45) is 0.703. The van der Waals surface area contributed by atoms with E-state index < -0.39 is 21.7 Å². The van der Waals surface area contributed by atoms with E-state index in [4.69, 9.17) is 28.3 Å². The van der Waals surface area contributed by atoms with E-state index in [9.17, 15) is 18.0 Å². The highest BCUT2D eigenvalue weighted by Gasteiger charge is 2.18. The quantitative estimate of drug-likeness (QED) is 0.855. The summed E-state index contributed by atoms with van der Waals surface area (Å²) < 4.78 is 21.9. The Hall–Kier alpha value is -1.31. The Bertz CT molecular complexity index is 657. The van der Waals surface area contributed by atoms with Gasteiger partial charge in [-0.25, -0.2) is 13.2 Å². The lowest BCUT2D eigenvalue weighted by molar-refractivity contribution is -0.115. The predicted molar refractivity (Wildman–Crippen MR) is 76.4 cm³/mol. The van der Waals surface area contributed by atoms with Gasteiger partial charge in [0.05, 0.1) is 22.0 Å². The molecule has 0 fully saturated rings. The Morgan fingerprint density at radius 2 is 1.90 bits per heavy atom. The number of aromatic carboxylic acids is 1. The molecule has 0 aliphatic carbocycles. The molecule has 20 heavy (non-hydrogen) atoms. The van der Waals surface area contributed by atoms with Gasteiger partial charge in [0, 0.05) is 17.7 Å². The van der Waals surface area contributed by atoms with Gasteiger partial charge in [-0.15, -0.1) is 0 Å². The van der Waals surface area contributed by atoms with Gasteiger partial charge < -0.3 is 10.4 Å². The number of amides is 1. The molecular weight excluding hydrogens is 329 g/mol. The molecule has 0 aliphatic rings. The minimum atomic E-state index is -3.29. The van der Waals surface area contributed by atoms with Gasteiger partial charge in [0.1, 0.15) is 9.84 Å². The van der Waals surface area contributed by atoms with Crippen LogP contribution in [0.25, 0.3) is 0 Å². The number of benzene rings is 1. The van der Waals surface area contributed by atoms with Gasteiger partial charge in [-0.05, 0) is 12.1 Å². The molecule has 110 valence electrons. The van der Waals surface area contributed by atoms with Crippen LogP contribution in [0.5, 0.6) is 0 Å². The summed E-state index contributed by atoms with van der Waals surface area (Å²) in [5.74, 6) is -2.30. The van der Waals surface area contributed by atoms with Crippen LogP contribution in [0.2, 0.25) is 10.0 Å². The van der Waals surface area contributed by atoms with Crippen molar-refractivity contribution in [3.05, 3.63) is 27.7 Å². The molecule has 0 spiro atoms. The number of nitrogens with one attached hydrogen (secondary N) is 1. The topological polar surface area (TPSA) is 101 Å². The monoisotopic (exact) mass is 339 g/mol. The zero-order valence-electron chi connectivity index (χ0n) is 10.3. The Morgan fingerprint density at radius 3 is 2.40 bits per heavy atom. The molecule has 1 amide bonds. The molecule has 1 aromatic carbocycles. The van der Waals surface area contributed by atoms with Crippen LogP contribution < -0.4 is 5.32 Å². The fourth-order valence-electron chi connectivity index (χ4n) is 1.35. The number of rotatable bonds is 5. The summed E-state index contributed by atoms with van der Waals surface area (Å²) >= 11 is 11.5. The van der Waals surface area contributed by atoms with Gasteiger partial charge in [0.25, 0.3) is 0 Å². The number of halogens is 2. The summed E-state index contributed by atoms with van der Waals surface area (Å²) in [7, 11) is -3.29. The number of anilines is 1. The molecule has 0 saturated carbocycles. The van der Waals surface area contributed by atoms with Crippen molar-refractivity contribution in [1.29, 1.82) is 0 Å². The molecule has 0 aromatic heterocycles. The smallest absolute Gasteiger partial charge is 0.337 e. The lowest BCUT2D eigenvalue weighted by Gasteiger charge is -2.11. The molecule has 0 atom stereocenters. The van der Waals surface area contributed by atoms with E-state index in [2.05, 4.69) is 5.32 Å². The molecule has 2 N–H and O–H groups in total. The van der Waals surface area contributed by atoms with E-state index in [0.717, 1.165) is 12.3 Å². The number of carboxylic acids is 1. The Labute approximate surface area is 125 Å². The van der Waals surface area contributed by atoms with Gasteiger partial charge in [0.2, 0.25) is 5.91 Å². The molecule has 9 heteroatoms. The van der Waals surface area contributed by atoms with Crippen molar-refractivity contribution in [2.75, 3.05) is 17.3 Å². The zero-order valence-corrected chi connectivity index (χ0v) is 12.6. The van der Waals surface area contributed by atoms with Crippen LogP contribution in [0.4, 0.5) is 5.69 Å². The molecule has 0 saturated heterocycles. The first-order valence-corrected chi connectivity index (χ1v) is 8.11. The fraction of sp³-hybridized carbons (Fsp3) is 0.273. The minimum absolute atomic E-state index is 0.0393. The number of hydrogen-bond donors (Lipinski definition) is 2. The lowest BCUT2D eigenvalue weighted by Crippen LogP contribution is -2.18. The van der Waals surface area contributed by atoms with Crippen molar-refractivity contribution < 1.29 is 23.1 Å². The van der Waals surface area contributed by atoms with Gasteiger partial charge in [-0.3, -0.25) is 4.79 Å². The maximum absolute atomic E-state index is 11.6. The normalized spacial score (nSPS) is 11.2. The van der Waals surface area contributed by atoms with Gasteiger partial charge in [-0.2, -0.15) is 0 Å². The third-order valence-electron chi connectivity index (χ3n) is 2.25. The summed E-state index contributed by atoms with van der Waals surface area (Å²) in [5.41, 5.74) is -0.378. The second kappa shape index (κ2) is 6.43. The largest absolute Gasteiger partial charge is 0.478 e. The van der Waals surface area contributed by atoms with E-state index in [1.807, 2.05) is 0 Å². The van der Waals surface area contributed by atoms with Crippen LogP contribution in [-0.2, 0) is 14.6 Å². The van der Waals surface area contributed by atoms with Crippen molar-refractivity contribution in [2.24, 2.45) is 0 Å². The van der Waals surface area contributed by atoms with Gasteiger partial charge >= 0.3 is 5.97 Å². The number of sulfone groups is 1. The highest BCUT2D eigenvalue weighted by atomic mass is 35.5. The lowest BCUT2D eigenvalue weighted by atomic mass is 10.1. The van der Waals surface area contributed by atoms with Crippen molar-refractivity contribution in [1.82, 2.24) is 0 Å². The Morgan fingerprint density at radius 1 is 1.30 bits per heavy atom. The second-order valence-electron chi connectivity index (χ2n) is 4.04. The average Bonchev–Trinajstić information content (AvgIpc) is 2.28. The van der Waals surface area contributed by atoms with Crippen LogP contribution >= 0.6 is 23.2 Å². The number of carbonyl (C=O) groups excluding carboxylic acids is 1. The van der Waals surface area contributed by atoms with Crippen LogP contribution in [0.1, 0.15) is 16.8 Å². The first-order valence-electron chi connectivity index (χ1n) is 5.30. The maximum Gasteiger partial charge on any atom is 0.337 e. The molecule has 0 unspecified atom stereocenters. The predicted octanol–water partition coefficient (Wildman–Crippen LogP) is 2.06. The van der Waals surface area contributed by atoms with Crippen LogP contribution in [0, 0.1) is 0 Å². The van der Waals surface area contributed by atoms with Crippen molar-refractivity contribution in [3.63, 3.8) is 0 Å². The number of carboxylic acid groups (broad SMARTS) is 1. The molecular formula is C11H11Cl2NO5S. The Balaban J connectivity index is 2.97. The Kier molecular flexibility index (Phi) is 5.38. The highest BCUT2D eigenvalue weighted by molar-refractivity contribution is 7.90. The van der Waals surface area contributed by atoms with Crippen molar-refractivity contribution in [3.8, 4) is 0 Å². The molecule has 0 aliphatic heterocycles. The number of hydrogen-bond acceptors (Lipinski definition) is 4. The van der Waals surface area contributed by atoms with E-state index in [0.29, 0.717) is 0 Å². The summed E-state index contributed by atoms with van der Waals surface area (Å²) in [5, 5.41) is 11.4. The first kappa shape index (κ1) is 16.7. The minimum Gasteiger partial charge on any atom is -0.478 e. The molecule has 1 rings (SSSR count). The van der Waals surface area contributed by atoms with Gasteiger partial charge in [0.15, 0.2) is 0 Å². The molecule has 0 bridgehead atoms. The third-order valence-corrected chi connectivity index (χ3v) is 3.71. The molecule has 1 aromatic rings. The van der Waals surface area contributed by atoms with E-state index in [1.165, 1.54) is 6.07 Å². The SMILES string of the molecule is CS(=O)(=O)CCC(=O)Nc1c(Cl)cc(Cl)cc1C(=O)O. The van der Waals surface area contributed by atoms with Crippen LogP contribution in [0.15, 0.2) is 12.1 Å². The van der Waals surface area contributed by atoms with E-state index in [-0.39, 0.29) is 33.5 Å². The van der Waals surface area contributed by atoms with E-state index in [1.54, 1.807) is 0 Å². The zero-order chi connectivity index (χ0) is 15.5.